The van der Waals surface area contributed by atoms with E-state index < -0.39 is 0 Å². The molecular weight excluding hydrogens is 314 g/mol. The highest BCUT2D eigenvalue weighted by Crippen LogP contribution is 2.40. The van der Waals surface area contributed by atoms with Gasteiger partial charge in [-0.3, -0.25) is 9.58 Å². The van der Waals surface area contributed by atoms with Gasteiger partial charge in [0, 0.05) is 50.0 Å². The molecule has 1 aromatic heterocycles. The summed E-state index contributed by atoms with van der Waals surface area (Å²) < 4.78 is 2.01. The molecule has 25 heavy (non-hydrogen) atoms. The van der Waals surface area contributed by atoms with Crippen molar-refractivity contribution in [3.05, 3.63) is 17.0 Å². The van der Waals surface area contributed by atoms with Crippen molar-refractivity contribution < 1.29 is 4.79 Å². The maximum Gasteiger partial charge on any atom is 0.317 e. The molecule has 3 atom stereocenters. The van der Waals surface area contributed by atoms with Crippen molar-refractivity contribution in [3.8, 4) is 0 Å². The van der Waals surface area contributed by atoms with Gasteiger partial charge < -0.3 is 10.2 Å². The third-order valence-electron chi connectivity index (χ3n) is 6.65. The minimum Gasteiger partial charge on any atom is -0.334 e. The van der Waals surface area contributed by atoms with E-state index in [9.17, 15) is 4.79 Å². The van der Waals surface area contributed by atoms with Crippen LogP contribution in [0.4, 0.5) is 4.79 Å². The zero-order chi connectivity index (χ0) is 17.6. The predicted octanol–water partition coefficient (Wildman–Crippen LogP) is 2.15. The fraction of sp³-hybridized carbons (Fsp3) is 0.789. The summed E-state index contributed by atoms with van der Waals surface area (Å²) in [7, 11) is 0. The predicted molar refractivity (Wildman–Crippen MR) is 97.4 cm³/mol. The normalized spacial score (nSPS) is 28.9. The van der Waals surface area contributed by atoms with Gasteiger partial charge in [0.05, 0.1) is 5.69 Å². The van der Waals surface area contributed by atoms with Crippen LogP contribution in [0, 0.1) is 25.7 Å². The van der Waals surface area contributed by atoms with E-state index in [-0.39, 0.29) is 6.03 Å². The molecule has 1 N–H and O–H groups in total. The smallest absolute Gasteiger partial charge is 0.317 e. The Morgan fingerprint density at radius 3 is 2.84 bits per heavy atom. The summed E-state index contributed by atoms with van der Waals surface area (Å²) in [4.78, 5) is 17.4. The first-order valence-electron chi connectivity index (χ1n) is 9.88. The number of rotatable bonds is 3. The summed E-state index contributed by atoms with van der Waals surface area (Å²) in [5, 5.41) is 7.68. The second-order valence-corrected chi connectivity index (χ2v) is 8.01. The number of amides is 2. The largest absolute Gasteiger partial charge is 0.334 e. The van der Waals surface area contributed by atoms with Gasteiger partial charge in [-0.05, 0) is 52.0 Å². The molecule has 6 heteroatoms. The molecular formula is C19H31N5O. The lowest BCUT2D eigenvalue weighted by Gasteiger charge is -2.33. The average Bonchev–Trinajstić information content (AvgIpc) is 3.24. The van der Waals surface area contributed by atoms with Crippen molar-refractivity contribution in [3.63, 3.8) is 0 Å². The molecule has 3 aliphatic heterocycles. The number of urea groups is 1. The van der Waals surface area contributed by atoms with E-state index in [2.05, 4.69) is 34.1 Å². The van der Waals surface area contributed by atoms with Crippen LogP contribution in [-0.2, 0) is 13.1 Å². The Labute approximate surface area is 150 Å². The molecule has 4 rings (SSSR count). The van der Waals surface area contributed by atoms with Crippen LogP contribution in [0.5, 0.6) is 0 Å². The monoisotopic (exact) mass is 345 g/mol. The van der Waals surface area contributed by atoms with E-state index in [0.29, 0.717) is 18.4 Å². The van der Waals surface area contributed by atoms with Gasteiger partial charge in [-0.2, -0.15) is 5.10 Å². The minimum atomic E-state index is 0.0970. The molecule has 3 aliphatic rings. The minimum absolute atomic E-state index is 0.0970. The van der Waals surface area contributed by atoms with Crippen molar-refractivity contribution in [1.29, 1.82) is 0 Å². The number of fused-ring (bicyclic) bond motifs is 3. The SMILES string of the molecule is CCn1nc(C)c(CNC(=O)N2C[C@@H]3CN4CCCC[C@H]4[C@H]3C2)c1C. The summed E-state index contributed by atoms with van der Waals surface area (Å²) in [5.74, 6) is 1.37. The van der Waals surface area contributed by atoms with Crippen LogP contribution in [0.25, 0.3) is 0 Å². The number of carbonyl (C=O) groups is 1. The van der Waals surface area contributed by atoms with Crippen molar-refractivity contribution >= 4 is 6.03 Å². The van der Waals surface area contributed by atoms with Gasteiger partial charge in [0.2, 0.25) is 0 Å². The Balaban J connectivity index is 1.35. The van der Waals surface area contributed by atoms with Crippen LogP contribution in [0.3, 0.4) is 0 Å². The lowest BCUT2D eigenvalue weighted by molar-refractivity contribution is 0.154. The number of carbonyl (C=O) groups excluding carboxylic acids is 1. The first-order chi connectivity index (χ1) is 12.1. The molecule has 0 radical (unpaired) electrons. The number of hydrogen-bond acceptors (Lipinski definition) is 3. The van der Waals surface area contributed by atoms with Crippen LogP contribution >= 0.6 is 0 Å². The molecule has 3 saturated heterocycles. The Kier molecular flexibility index (Phi) is 4.48. The van der Waals surface area contributed by atoms with Crippen molar-refractivity contribution in [1.82, 2.24) is 24.9 Å². The van der Waals surface area contributed by atoms with Gasteiger partial charge >= 0.3 is 6.03 Å². The zero-order valence-electron chi connectivity index (χ0n) is 15.8. The van der Waals surface area contributed by atoms with Crippen LogP contribution in [0.1, 0.15) is 43.1 Å². The number of aromatic nitrogens is 2. The molecule has 1 aromatic rings. The Morgan fingerprint density at radius 1 is 1.24 bits per heavy atom. The van der Waals surface area contributed by atoms with E-state index in [1.54, 1.807) is 0 Å². The molecule has 0 aliphatic carbocycles. The lowest BCUT2D eigenvalue weighted by Crippen LogP contribution is -2.43. The highest BCUT2D eigenvalue weighted by atomic mass is 16.2. The summed E-state index contributed by atoms with van der Waals surface area (Å²) in [6.07, 6.45) is 4.03. The standard InChI is InChI=1S/C19H31N5O/c1-4-24-14(3)16(13(2)21-24)9-20-19(25)23-11-15-10-22-8-6-5-7-18(22)17(15)12-23/h15,17-18H,4-12H2,1-3H3,(H,20,25)/t15-,17-,18-/m0/s1. The first-order valence-corrected chi connectivity index (χ1v) is 9.88. The molecule has 2 amide bonds. The number of nitrogens with one attached hydrogen (secondary N) is 1. The van der Waals surface area contributed by atoms with Gasteiger partial charge in [-0.15, -0.1) is 0 Å². The summed E-state index contributed by atoms with van der Waals surface area (Å²) >= 11 is 0. The van der Waals surface area contributed by atoms with Crippen LogP contribution < -0.4 is 5.32 Å². The second kappa shape index (κ2) is 6.63. The molecule has 0 saturated carbocycles. The Bertz CT molecular complexity index is 654. The number of hydrogen-bond donors (Lipinski definition) is 1. The van der Waals surface area contributed by atoms with Gasteiger partial charge in [0.15, 0.2) is 0 Å². The van der Waals surface area contributed by atoms with Crippen LogP contribution in [-0.4, -0.2) is 57.8 Å². The molecule has 138 valence electrons. The van der Waals surface area contributed by atoms with Crippen LogP contribution in [0.15, 0.2) is 0 Å². The molecule has 0 spiro atoms. The summed E-state index contributed by atoms with van der Waals surface area (Å²) in [6.45, 7) is 12.0. The molecule has 0 aromatic carbocycles. The van der Waals surface area contributed by atoms with E-state index in [1.165, 1.54) is 32.4 Å². The van der Waals surface area contributed by atoms with E-state index in [1.807, 2.05) is 11.6 Å². The highest BCUT2D eigenvalue weighted by molar-refractivity contribution is 5.74. The average molecular weight is 345 g/mol. The molecule has 4 heterocycles. The number of nitrogens with zero attached hydrogens (tertiary/aromatic N) is 4. The molecule has 0 unspecified atom stereocenters. The van der Waals surface area contributed by atoms with E-state index >= 15 is 0 Å². The Hall–Kier alpha value is -1.56. The fourth-order valence-corrected chi connectivity index (χ4v) is 5.29. The van der Waals surface area contributed by atoms with Gasteiger partial charge in [0.25, 0.3) is 0 Å². The maximum absolute atomic E-state index is 12.7. The van der Waals surface area contributed by atoms with E-state index in [0.717, 1.165) is 42.6 Å². The number of likely N-dealkylation sites (tertiary alicyclic amines) is 1. The quantitative estimate of drug-likeness (QED) is 0.913. The van der Waals surface area contributed by atoms with Crippen LogP contribution in [0.2, 0.25) is 0 Å². The first kappa shape index (κ1) is 16.9. The molecule has 6 nitrogen and oxygen atoms in total. The highest BCUT2D eigenvalue weighted by Gasteiger charge is 2.48. The molecule has 0 bridgehead atoms. The Morgan fingerprint density at radius 2 is 2.08 bits per heavy atom. The topological polar surface area (TPSA) is 53.4 Å². The van der Waals surface area contributed by atoms with Gasteiger partial charge in [0.1, 0.15) is 0 Å². The number of piperidine rings is 1. The van der Waals surface area contributed by atoms with Crippen molar-refractivity contribution in [2.45, 2.75) is 59.2 Å². The maximum atomic E-state index is 12.7. The van der Waals surface area contributed by atoms with Crippen molar-refractivity contribution in [2.75, 3.05) is 26.2 Å². The summed E-state index contributed by atoms with van der Waals surface area (Å²) in [6, 6.07) is 0.823. The zero-order valence-corrected chi connectivity index (χ0v) is 15.8. The summed E-state index contributed by atoms with van der Waals surface area (Å²) in [5.41, 5.74) is 3.35. The van der Waals surface area contributed by atoms with Gasteiger partial charge in [-0.25, -0.2) is 4.79 Å². The third-order valence-corrected chi connectivity index (χ3v) is 6.65. The lowest BCUT2D eigenvalue weighted by atomic mass is 9.90. The number of aryl methyl sites for hydroxylation is 2. The fourth-order valence-electron chi connectivity index (χ4n) is 5.29. The van der Waals surface area contributed by atoms with Crippen molar-refractivity contribution in [2.24, 2.45) is 11.8 Å². The van der Waals surface area contributed by atoms with Gasteiger partial charge in [-0.1, -0.05) is 6.42 Å². The second-order valence-electron chi connectivity index (χ2n) is 8.01. The third kappa shape index (κ3) is 2.94. The van der Waals surface area contributed by atoms with E-state index in [4.69, 9.17) is 0 Å². The molecule has 3 fully saturated rings.